The maximum absolute atomic E-state index is 15.2. The standard InChI is InChI=1S/C34H39F3O/c1-3-5-6-7-8-9-24-10-12-25(13-11-24)28-18-19-29(31(35)23-28)26-14-16-27(17-15-26)30-20-21-32(38-22-4-2)34(37)33(30)36/h12,14-21,23-24H,3-11,13,22H2,1-2H3. The Kier molecular flexibility index (Phi) is 10.1. The van der Waals surface area contributed by atoms with Gasteiger partial charge in [-0.25, -0.2) is 8.78 Å². The molecule has 0 amide bonds. The van der Waals surface area contributed by atoms with Gasteiger partial charge >= 0.3 is 0 Å². The van der Waals surface area contributed by atoms with Crippen LogP contribution in [0.25, 0.3) is 27.8 Å². The Morgan fingerprint density at radius 2 is 1.42 bits per heavy atom. The summed E-state index contributed by atoms with van der Waals surface area (Å²) in [5.41, 5.74) is 4.05. The molecule has 1 nitrogen and oxygen atoms in total. The van der Waals surface area contributed by atoms with E-state index < -0.39 is 11.6 Å². The van der Waals surface area contributed by atoms with Crippen LogP contribution in [-0.2, 0) is 0 Å². The monoisotopic (exact) mass is 520 g/mol. The number of hydrogen-bond acceptors (Lipinski definition) is 1. The molecule has 0 aromatic heterocycles. The number of rotatable bonds is 12. The Labute approximate surface area is 225 Å². The molecule has 38 heavy (non-hydrogen) atoms. The van der Waals surface area contributed by atoms with E-state index in [9.17, 15) is 8.78 Å². The molecule has 0 aliphatic heterocycles. The van der Waals surface area contributed by atoms with E-state index >= 15 is 4.39 Å². The normalized spacial score (nSPS) is 15.4. The number of halogens is 3. The third-order valence-corrected chi connectivity index (χ3v) is 7.59. The quantitative estimate of drug-likeness (QED) is 0.216. The highest BCUT2D eigenvalue weighted by atomic mass is 19.2. The minimum Gasteiger partial charge on any atom is -0.490 e. The molecule has 1 atom stereocenters. The number of unbranched alkanes of at least 4 members (excludes halogenated alkanes) is 4. The molecule has 1 aliphatic rings. The van der Waals surface area contributed by atoms with Gasteiger partial charge in [-0.05, 0) is 72.1 Å². The van der Waals surface area contributed by atoms with E-state index in [1.165, 1.54) is 62.7 Å². The predicted molar refractivity (Wildman–Crippen MR) is 152 cm³/mol. The first kappa shape index (κ1) is 28.0. The zero-order valence-corrected chi connectivity index (χ0v) is 22.7. The molecular formula is C34H39F3O. The summed E-state index contributed by atoms with van der Waals surface area (Å²) in [6.07, 6.45) is 14.2. The second-order valence-corrected chi connectivity index (χ2v) is 10.4. The Bertz CT molecular complexity index is 1230. The minimum atomic E-state index is -0.989. The molecule has 0 saturated heterocycles. The van der Waals surface area contributed by atoms with Crippen molar-refractivity contribution in [3.05, 3.63) is 83.7 Å². The fraction of sp³-hybridized carbons (Fsp3) is 0.412. The highest BCUT2D eigenvalue weighted by Crippen LogP contribution is 2.36. The van der Waals surface area contributed by atoms with E-state index in [-0.39, 0.29) is 17.1 Å². The predicted octanol–water partition coefficient (Wildman–Crippen LogP) is 10.8. The van der Waals surface area contributed by atoms with E-state index in [1.54, 1.807) is 30.3 Å². The molecule has 4 rings (SSSR count). The van der Waals surface area contributed by atoms with Gasteiger partial charge in [0.2, 0.25) is 5.82 Å². The van der Waals surface area contributed by atoms with Gasteiger partial charge in [0.25, 0.3) is 0 Å². The van der Waals surface area contributed by atoms with Gasteiger partial charge in [-0.2, -0.15) is 4.39 Å². The molecule has 4 heteroatoms. The van der Waals surface area contributed by atoms with Gasteiger partial charge in [0.05, 0.1) is 6.61 Å². The molecule has 0 saturated carbocycles. The van der Waals surface area contributed by atoms with E-state index in [2.05, 4.69) is 13.0 Å². The van der Waals surface area contributed by atoms with Crippen LogP contribution in [0.5, 0.6) is 5.75 Å². The van der Waals surface area contributed by atoms with Crippen molar-refractivity contribution in [1.29, 1.82) is 0 Å². The Morgan fingerprint density at radius 1 is 0.737 bits per heavy atom. The number of allylic oxidation sites excluding steroid dienone is 2. The molecule has 0 radical (unpaired) electrons. The summed E-state index contributed by atoms with van der Waals surface area (Å²) in [6.45, 7) is 4.47. The van der Waals surface area contributed by atoms with Crippen LogP contribution in [0.15, 0.2) is 60.7 Å². The molecule has 1 unspecified atom stereocenters. The molecule has 0 spiro atoms. The van der Waals surface area contributed by atoms with Crippen LogP contribution in [0.4, 0.5) is 13.2 Å². The van der Waals surface area contributed by atoms with Crippen LogP contribution in [0.1, 0.15) is 83.6 Å². The highest BCUT2D eigenvalue weighted by molar-refractivity contribution is 5.74. The largest absolute Gasteiger partial charge is 0.490 e. The third kappa shape index (κ3) is 6.89. The smallest absolute Gasteiger partial charge is 0.201 e. The van der Waals surface area contributed by atoms with Crippen molar-refractivity contribution in [3.63, 3.8) is 0 Å². The molecule has 0 N–H and O–H groups in total. The minimum absolute atomic E-state index is 0.0853. The Morgan fingerprint density at radius 3 is 2.08 bits per heavy atom. The lowest BCUT2D eigenvalue weighted by Crippen LogP contribution is -2.05. The Balaban J connectivity index is 1.41. The first-order valence-electron chi connectivity index (χ1n) is 14.2. The zero-order chi connectivity index (χ0) is 26.9. The van der Waals surface area contributed by atoms with Gasteiger partial charge in [0.15, 0.2) is 11.6 Å². The van der Waals surface area contributed by atoms with Crippen molar-refractivity contribution < 1.29 is 17.9 Å². The maximum Gasteiger partial charge on any atom is 0.201 e. The van der Waals surface area contributed by atoms with E-state index in [0.29, 0.717) is 29.7 Å². The molecule has 0 fully saturated rings. The first-order valence-corrected chi connectivity index (χ1v) is 14.2. The lowest BCUT2D eigenvalue weighted by Gasteiger charge is -2.22. The Hall–Kier alpha value is -3.01. The third-order valence-electron chi connectivity index (χ3n) is 7.59. The highest BCUT2D eigenvalue weighted by Gasteiger charge is 2.18. The van der Waals surface area contributed by atoms with Crippen molar-refractivity contribution in [2.75, 3.05) is 6.61 Å². The first-order chi connectivity index (χ1) is 18.5. The van der Waals surface area contributed by atoms with E-state index in [0.717, 1.165) is 24.3 Å². The van der Waals surface area contributed by atoms with Gasteiger partial charge in [-0.3, -0.25) is 0 Å². The van der Waals surface area contributed by atoms with Crippen LogP contribution in [0.3, 0.4) is 0 Å². The summed E-state index contributed by atoms with van der Waals surface area (Å²) >= 11 is 0. The molecular weight excluding hydrogens is 481 g/mol. The van der Waals surface area contributed by atoms with Crippen molar-refractivity contribution in [1.82, 2.24) is 0 Å². The van der Waals surface area contributed by atoms with Crippen molar-refractivity contribution in [2.24, 2.45) is 5.92 Å². The van der Waals surface area contributed by atoms with Crippen LogP contribution >= 0.6 is 0 Å². The van der Waals surface area contributed by atoms with Crippen LogP contribution in [0.2, 0.25) is 0 Å². The second-order valence-electron chi connectivity index (χ2n) is 10.4. The molecule has 1 aliphatic carbocycles. The summed E-state index contributed by atoms with van der Waals surface area (Å²) in [4.78, 5) is 0. The average Bonchev–Trinajstić information content (AvgIpc) is 2.94. The second kappa shape index (κ2) is 13.7. The van der Waals surface area contributed by atoms with E-state index in [1.807, 2.05) is 19.1 Å². The molecule has 0 bridgehead atoms. The van der Waals surface area contributed by atoms with Crippen molar-refractivity contribution in [3.8, 4) is 28.0 Å². The van der Waals surface area contributed by atoms with E-state index in [4.69, 9.17) is 4.74 Å². The summed E-state index contributed by atoms with van der Waals surface area (Å²) < 4.78 is 49.6. The molecule has 202 valence electrons. The zero-order valence-electron chi connectivity index (χ0n) is 22.7. The maximum atomic E-state index is 15.2. The summed E-state index contributed by atoms with van der Waals surface area (Å²) in [7, 11) is 0. The molecule has 3 aromatic rings. The van der Waals surface area contributed by atoms with Crippen molar-refractivity contribution in [2.45, 2.75) is 78.1 Å². The van der Waals surface area contributed by atoms with Gasteiger partial charge in [-0.1, -0.05) is 94.8 Å². The summed E-state index contributed by atoms with van der Waals surface area (Å²) in [5, 5.41) is 0. The number of benzene rings is 3. The number of hydrogen-bond donors (Lipinski definition) is 0. The number of ether oxygens (including phenoxy) is 1. The lowest BCUT2D eigenvalue weighted by atomic mass is 9.83. The van der Waals surface area contributed by atoms with Gasteiger partial charge in [0, 0.05) is 11.1 Å². The summed E-state index contributed by atoms with van der Waals surface area (Å²) in [5.74, 6) is -1.54. The molecule has 3 aromatic carbocycles. The van der Waals surface area contributed by atoms with Gasteiger partial charge in [0.1, 0.15) is 5.82 Å². The topological polar surface area (TPSA) is 9.23 Å². The van der Waals surface area contributed by atoms with Crippen molar-refractivity contribution >= 4 is 5.57 Å². The van der Waals surface area contributed by atoms with Gasteiger partial charge in [-0.15, -0.1) is 0 Å². The fourth-order valence-corrected chi connectivity index (χ4v) is 5.31. The molecule has 0 heterocycles. The van der Waals surface area contributed by atoms with Crippen LogP contribution in [-0.4, -0.2) is 6.61 Å². The average molecular weight is 521 g/mol. The van der Waals surface area contributed by atoms with Gasteiger partial charge < -0.3 is 4.74 Å². The fourth-order valence-electron chi connectivity index (χ4n) is 5.31. The van der Waals surface area contributed by atoms with Crippen LogP contribution in [0, 0.1) is 23.4 Å². The lowest BCUT2D eigenvalue weighted by molar-refractivity contribution is 0.295. The summed E-state index contributed by atoms with van der Waals surface area (Å²) in [6, 6.07) is 15.3. The SMILES string of the molecule is CCCCCCCC1CC=C(c2ccc(-c3ccc(-c4ccc(OCCC)c(F)c4F)cc3)c(F)c2)CC1. The van der Waals surface area contributed by atoms with Crippen LogP contribution < -0.4 is 4.74 Å².